The predicted octanol–water partition coefficient (Wildman–Crippen LogP) is 6.80. The maximum absolute atomic E-state index is 8.14. The Labute approximate surface area is 181 Å². The highest BCUT2D eigenvalue weighted by atomic mass is 28.3. The largest absolute Gasteiger partial charge is 0.455 e. The van der Waals surface area contributed by atoms with Crippen molar-refractivity contribution < 1.29 is 16.8 Å². The van der Waals surface area contributed by atoms with E-state index < -0.39 is 34.0 Å². The Morgan fingerprint density at radius 1 is 1.04 bits per heavy atom. The normalized spacial score (nSPS) is 18.9. The molecule has 0 unspecified atom stereocenters. The number of benzene rings is 2. The third-order valence-corrected chi connectivity index (χ3v) is 7.15. The average Bonchev–Trinajstić information content (AvgIpc) is 3.10. The molecule has 2 heterocycles. The highest BCUT2D eigenvalue weighted by molar-refractivity contribution is 6.90. The number of aryl methyl sites for hydroxylation is 1. The van der Waals surface area contributed by atoms with Gasteiger partial charge in [0.15, 0.2) is 0 Å². The van der Waals surface area contributed by atoms with Crippen molar-refractivity contribution in [1.82, 2.24) is 4.98 Å². The number of rotatable bonds is 2. The van der Waals surface area contributed by atoms with E-state index in [-0.39, 0.29) is 16.8 Å². The number of hydrogen-bond acceptors (Lipinski definition) is 2. The van der Waals surface area contributed by atoms with E-state index in [4.69, 9.17) is 16.8 Å². The summed E-state index contributed by atoms with van der Waals surface area (Å²) in [6.45, 7) is -1.92. The number of nitrogens with zero attached hydrogens (tertiary/aromatic N) is 1. The number of pyridine rings is 1. The SMILES string of the molecule is [2H]C([2H])([2H])C(c1cc(-c2ccc([Si](C)(C)C)c3c2oc2ccccc23)ncc1C)(C([2H])([2H])[2H])C([2H])([2H])[2H]. The van der Waals surface area contributed by atoms with Crippen molar-refractivity contribution >= 4 is 35.2 Å². The summed E-state index contributed by atoms with van der Waals surface area (Å²) < 4.78 is 79.5. The summed E-state index contributed by atoms with van der Waals surface area (Å²) in [7, 11) is -1.83. The van der Waals surface area contributed by atoms with Crippen molar-refractivity contribution in [2.45, 2.75) is 52.5 Å². The molecule has 28 heavy (non-hydrogen) atoms. The first-order chi connectivity index (χ1) is 16.8. The highest BCUT2D eigenvalue weighted by Crippen LogP contribution is 2.37. The molecule has 0 bridgehead atoms. The maximum Gasteiger partial charge on any atom is 0.144 e. The van der Waals surface area contributed by atoms with Crippen LogP contribution in [0.1, 0.15) is 44.0 Å². The second kappa shape index (κ2) is 6.31. The zero-order valence-electron chi connectivity index (χ0n) is 25.5. The van der Waals surface area contributed by atoms with Crippen molar-refractivity contribution in [2.75, 3.05) is 0 Å². The zero-order valence-corrected chi connectivity index (χ0v) is 17.5. The second-order valence-electron chi connectivity index (χ2n) is 8.35. The van der Waals surface area contributed by atoms with Crippen molar-refractivity contribution in [3.8, 4) is 11.3 Å². The molecular formula is C25H29NOSi. The van der Waals surface area contributed by atoms with Crippen LogP contribution in [-0.4, -0.2) is 13.1 Å². The van der Waals surface area contributed by atoms with Crippen LogP contribution in [0.15, 0.2) is 53.1 Å². The van der Waals surface area contributed by atoms with Gasteiger partial charge in [-0.3, -0.25) is 4.98 Å². The van der Waals surface area contributed by atoms with E-state index in [1.165, 1.54) is 24.4 Å². The Kier molecular flexibility index (Phi) is 2.47. The van der Waals surface area contributed by atoms with E-state index in [1.807, 2.05) is 36.4 Å². The van der Waals surface area contributed by atoms with Crippen LogP contribution in [-0.2, 0) is 5.41 Å². The first-order valence-corrected chi connectivity index (χ1v) is 12.7. The third-order valence-electron chi connectivity index (χ3n) is 5.12. The predicted molar refractivity (Wildman–Crippen MR) is 123 cm³/mol. The van der Waals surface area contributed by atoms with Crippen LogP contribution >= 0.6 is 0 Å². The van der Waals surface area contributed by atoms with Gasteiger partial charge in [0.05, 0.1) is 13.8 Å². The van der Waals surface area contributed by atoms with E-state index in [1.54, 1.807) is 0 Å². The quantitative estimate of drug-likeness (QED) is 0.348. The van der Waals surface area contributed by atoms with E-state index in [9.17, 15) is 0 Å². The monoisotopic (exact) mass is 396 g/mol. The highest BCUT2D eigenvalue weighted by Gasteiger charge is 2.25. The molecule has 0 N–H and O–H groups in total. The van der Waals surface area contributed by atoms with Gasteiger partial charge < -0.3 is 4.42 Å². The van der Waals surface area contributed by atoms with Gasteiger partial charge in [0.1, 0.15) is 11.2 Å². The molecule has 0 atom stereocenters. The lowest BCUT2D eigenvalue weighted by Crippen LogP contribution is -2.37. The van der Waals surface area contributed by atoms with E-state index in [0.29, 0.717) is 16.7 Å². The fourth-order valence-electron chi connectivity index (χ4n) is 3.73. The van der Waals surface area contributed by atoms with Crippen LogP contribution in [0.3, 0.4) is 0 Å². The van der Waals surface area contributed by atoms with Crippen molar-refractivity contribution in [3.05, 3.63) is 59.8 Å². The molecular weight excluding hydrogens is 358 g/mol. The Bertz CT molecular complexity index is 1460. The standard InChI is InChI=1S/C25H29NOSi/c1-16-15-26-20(14-19(16)25(2,3)4)17-12-13-22(28(5,6)7)23-18-10-8-9-11-21(18)27-24(17)23/h8-15H,1-7H3/i2D3,3D3,4D3. The zero-order chi connectivity index (χ0) is 27.8. The molecule has 0 amide bonds. The summed E-state index contributed by atoms with van der Waals surface area (Å²) in [6, 6.07) is 12.8. The summed E-state index contributed by atoms with van der Waals surface area (Å²) in [5, 5.41) is 3.04. The fraction of sp³-hybridized carbons (Fsp3) is 0.320. The minimum absolute atomic E-state index is 0.173. The van der Waals surface area contributed by atoms with E-state index in [2.05, 4.69) is 24.6 Å². The summed E-state index contributed by atoms with van der Waals surface area (Å²) >= 11 is 0. The van der Waals surface area contributed by atoms with Crippen LogP contribution in [0.5, 0.6) is 0 Å². The number of para-hydroxylation sites is 1. The van der Waals surface area contributed by atoms with Gasteiger partial charge in [0.2, 0.25) is 0 Å². The topological polar surface area (TPSA) is 26.0 Å². The maximum atomic E-state index is 8.14. The van der Waals surface area contributed by atoms with Gasteiger partial charge in [-0.05, 0) is 46.9 Å². The lowest BCUT2D eigenvalue weighted by Gasteiger charge is -2.22. The number of aromatic nitrogens is 1. The van der Waals surface area contributed by atoms with Crippen molar-refractivity contribution in [1.29, 1.82) is 0 Å². The molecule has 2 aromatic heterocycles. The molecule has 0 aliphatic heterocycles. The third kappa shape index (κ3) is 3.08. The average molecular weight is 397 g/mol. The van der Waals surface area contributed by atoms with Crippen LogP contribution in [0.25, 0.3) is 33.2 Å². The number of hydrogen-bond donors (Lipinski definition) is 0. The van der Waals surface area contributed by atoms with Gasteiger partial charge in [-0.1, -0.05) is 64.5 Å². The molecule has 144 valence electrons. The Morgan fingerprint density at radius 3 is 2.50 bits per heavy atom. The second-order valence-corrected chi connectivity index (χ2v) is 13.4. The summed E-state index contributed by atoms with van der Waals surface area (Å²) in [4.78, 5) is 4.48. The smallest absolute Gasteiger partial charge is 0.144 e. The summed E-state index contributed by atoms with van der Waals surface area (Å²) in [6.07, 6.45) is 1.34. The Balaban J connectivity index is 2.12. The van der Waals surface area contributed by atoms with Crippen LogP contribution < -0.4 is 5.19 Å². The minimum atomic E-state index is -3.36. The lowest BCUT2D eigenvalue weighted by atomic mass is 9.84. The van der Waals surface area contributed by atoms with Crippen LogP contribution in [0, 0.1) is 6.92 Å². The summed E-state index contributed by atoms with van der Waals surface area (Å²) in [5.41, 5.74) is -1.23. The molecule has 4 aromatic rings. The van der Waals surface area contributed by atoms with E-state index >= 15 is 0 Å². The first kappa shape index (κ1) is 11.0. The molecule has 0 aliphatic rings. The molecule has 0 spiro atoms. The van der Waals surface area contributed by atoms with Gasteiger partial charge in [0, 0.05) is 34.9 Å². The fourth-order valence-corrected chi connectivity index (χ4v) is 5.31. The van der Waals surface area contributed by atoms with Gasteiger partial charge in [-0.25, -0.2) is 0 Å². The summed E-state index contributed by atoms with van der Waals surface area (Å²) in [5.74, 6) is 0. The lowest BCUT2D eigenvalue weighted by molar-refractivity contribution is 0.585. The van der Waals surface area contributed by atoms with Gasteiger partial charge in [0.25, 0.3) is 0 Å². The van der Waals surface area contributed by atoms with E-state index in [0.717, 1.165) is 10.8 Å². The Morgan fingerprint density at radius 2 is 1.79 bits per heavy atom. The van der Waals surface area contributed by atoms with Crippen LogP contribution in [0.4, 0.5) is 0 Å². The van der Waals surface area contributed by atoms with Gasteiger partial charge >= 0.3 is 0 Å². The molecule has 0 radical (unpaired) electrons. The first-order valence-electron chi connectivity index (χ1n) is 13.7. The van der Waals surface area contributed by atoms with Crippen LogP contribution in [0.2, 0.25) is 19.6 Å². The molecule has 0 aliphatic carbocycles. The molecule has 4 rings (SSSR count). The molecule has 0 saturated carbocycles. The molecule has 3 heteroatoms. The number of fused-ring (bicyclic) bond motifs is 3. The molecule has 2 aromatic carbocycles. The molecule has 0 fully saturated rings. The molecule has 0 saturated heterocycles. The van der Waals surface area contributed by atoms with Gasteiger partial charge in [-0.15, -0.1) is 0 Å². The Hall–Kier alpha value is -2.39. The minimum Gasteiger partial charge on any atom is -0.455 e. The number of furan rings is 1. The van der Waals surface area contributed by atoms with Crippen molar-refractivity contribution in [3.63, 3.8) is 0 Å². The molecule has 2 nitrogen and oxygen atoms in total. The van der Waals surface area contributed by atoms with Crippen molar-refractivity contribution in [2.24, 2.45) is 0 Å². The van der Waals surface area contributed by atoms with Gasteiger partial charge in [-0.2, -0.15) is 0 Å².